The Morgan fingerprint density at radius 1 is 1.40 bits per heavy atom. The predicted molar refractivity (Wildman–Crippen MR) is 44.8 cm³/mol. The first-order chi connectivity index (χ1) is 4.57. The van der Waals surface area contributed by atoms with Gasteiger partial charge in [0.15, 0.2) is 0 Å². The summed E-state index contributed by atoms with van der Waals surface area (Å²) in [5.41, 5.74) is 0. The molecule has 0 saturated carbocycles. The molecule has 1 heteroatoms. The van der Waals surface area contributed by atoms with Crippen LogP contribution in [0, 0.1) is 11.8 Å². The van der Waals surface area contributed by atoms with Gasteiger partial charge in [-0.15, -0.1) is 0 Å². The zero-order valence-electron chi connectivity index (χ0n) is 7.48. The van der Waals surface area contributed by atoms with Crippen molar-refractivity contribution in [2.75, 3.05) is 7.11 Å². The summed E-state index contributed by atoms with van der Waals surface area (Å²) in [6, 6.07) is 0. The monoisotopic (exact) mass is 142 g/mol. The van der Waals surface area contributed by atoms with Crippen LogP contribution in [0.5, 0.6) is 0 Å². The molecule has 0 aliphatic heterocycles. The van der Waals surface area contributed by atoms with Gasteiger partial charge in [-0.25, -0.2) is 0 Å². The largest absolute Gasteiger partial charge is 0.501 e. The average molecular weight is 142 g/mol. The van der Waals surface area contributed by atoms with Crippen LogP contribution in [0.4, 0.5) is 0 Å². The standard InChI is InChI=1S/C9H18O/c1-7(2)6-8(3)9(4)10-5/h7-8H,4,6H2,1-3,5H3. The van der Waals surface area contributed by atoms with E-state index in [-0.39, 0.29) is 0 Å². The lowest BCUT2D eigenvalue weighted by Gasteiger charge is -2.14. The van der Waals surface area contributed by atoms with Gasteiger partial charge in [-0.1, -0.05) is 27.4 Å². The van der Waals surface area contributed by atoms with Gasteiger partial charge >= 0.3 is 0 Å². The minimum absolute atomic E-state index is 0.491. The van der Waals surface area contributed by atoms with Crippen LogP contribution in [0.25, 0.3) is 0 Å². The summed E-state index contributed by atoms with van der Waals surface area (Å²) < 4.78 is 5.02. The van der Waals surface area contributed by atoms with Crippen molar-refractivity contribution >= 4 is 0 Å². The van der Waals surface area contributed by atoms with E-state index in [1.54, 1.807) is 7.11 Å². The summed E-state index contributed by atoms with van der Waals surface area (Å²) in [4.78, 5) is 0. The molecule has 10 heavy (non-hydrogen) atoms. The smallest absolute Gasteiger partial charge is 0.0912 e. The lowest BCUT2D eigenvalue weighted by Crippen LogP contribution is -2.03. The van der Waals surface area contributed by atoms with E-state index in [9.17, 15) is 0 Å². The maximum absolute atomic E-state index is 5.02. The molecule has 0 heterocycles. The second-order valence-electron chi connectivity index (χ2n) is 3.20. The molecule has 0 aromatic heterocycles. The molecule has 0 aromatic carbocycles. The molecule has 1 atom stereocenters. The highest BCUT2D eigenvalue weighted by atomic mass is 16.5. The highest BCUT2D eigenvalue weighted by Crippen LogP contribution is 2.17. The molecule has 0 fully saturated rings. The first-order valence-electron chi connectivity index (χ1n) is 3.80. The fraction of sp³-hybridized carbons (Fsp3) is 0.778. The van der Waals surface area contributed by atoms with Crippen LogP contribution in [-0.2, 0) is 4.74 Å². The van der Waals surface area contributed by atoms with E-state index in [1.807, 2.05) is 0 Å². The zero-order valence-corrected chi connectivity index (χ0v) is 7.48. The number of allylic oxidation sites excluding steroid dienone is 1. The Morgan fingerprint density at radius 2 is 1.90 bits per heavy atom. The van der Waals surface area contributed by atoms with Crippen LogP contribution >= 0.6 is 0 Å². The number of hydrogen-bond donors (Lipinski definition) is 0. The Kier molecular flexibility index (Phi) is 4.17. The first kappa shape index (κ1) is 9.54. The van der Waals surface area contributed by atoms with Gasteiger partial charge in [0.2, 0.25) is 0 Å². The summed E-state index contributed by atoms with van der Waals surface area (Å²) in [6.07, 6.45) is 1.16. The molecule has 0 aromatic rings. The molecule has 0 aliphatic carbocycles. The van der Waals surface area contributed by atoms with Crippen LogP contribution in [-0.4, -0.2) is 7.11 Å². The highest BCUT2D eigenvalue weighted by molar-refractivity contribution is 4.88. The summed E-state index contributed by atoms with van der Waals surface area (Å²) in [6.45, 7) is 10.4. The third-order valence-electron chi connectivity index (χ3n) is 1.64. The van der Waals surface area contributed by atoms with Crippen LogP contribution in [0.15, 0.2) is 12.3 Å². The molecular weight excluding hydrogens is 124 g/mol. The maximum atomic E-state index is 5.02. The van der Waals surface area contributed by atoms with E-state index in [0.717, 1.165) is 18.1 Å². The SMILES string of the molecule is C=C(OC)C(C)CC(C)C. The quantitative estimate of drug-likeness (QED) is 0.548. The predicted octanol–water partition coefficient (Wildman–Crippen LogP) is 2.83. The third-order valence-corrected chi connectivity index (χ3v) is 1.64. The van der Waals surface area contributed by atoms with Crippen LogP contribution in [0.3, 0.4) is 0 Å². The Morgan fingerprint density at radius 3 is 2.20 bits per heavy atom. The van der Waals surface area contributed by atoms with Gasteiger partial charge in [0.25, 0.3) is 0 Å². The minimum atomic E-state index is 0.491. The van der Waals surface area contributed by atoms with Gasteiger partial charge in [0.05, 0.1) is 12.9 Å². The molecule has 0 bridgehead atoms. The van der Waals surface area contributed by atoms with Crippen molar-refractivity contribution in [3.8, 4) is 0 Å². The molecular formula is C9H18O. The van der Waals surface area contributed by atoms with Crippen molar-refractivity contribution in [1.29, 1.82) is 0 Å². The van der Waals surface area contributed by atoms with Gasteiger partial charge in [-0.3, -0.25) is 0 Å². The molecule has 0 N–H and O–H groups in total. The number of rotatable bonds is 4. The number of hydrogen-bond acceptors (Lipinski definition) is 1. The molecule has 0 radical (unpaired) electrons. The van der Waals surface area contributed by atoms with Gasteiger partial charge in [0.1, 0.15) is 0 Å². The van der Waals surface area contributed by atoms with E-state index in [2.05, 4.69) is 27.4 Å². The van der Waals surface area contributed by atoms with E-state index in [4.69, 9.17) is 4.74 Å². The van der Waals surface area contributed by atoms with Crippen molar-refractivity contribution in [2.24, 2.45) is 11.8 Å². The molecule has 60 valence electrons. The molecule has 1 nitrogen and oxygen atoms in total. The summed E-state index contributed by atoms with van der Waals surface area (Å²) in [5.74, 6) is 2.11. The molecule has 0 rings (SSSR count). The molecule has 1 unspecified atom stereocenters. The van der Waals surface area contributed by atoms with E-state index < -0.39 is 0 Å². The van der Waals surface area contributed by atoms with Crippen LogP contribution < -0.4 is 0 Å². The lowest BCUT2D eigenvalue weighted by atomic mass is 9.98. The summed E-state index contributed by atoms with van der Waals surface area (Å²) in [7, 11) is 1.68. The van der Waals surface area contributed by atoms with Crippen molar-refractivity contribution in [3.05, 3.63) is 12.3 Å². The van der Waals surface area contributed by atoms with Crippen molar-refractivity contribution in [1.82, 2.24) is 0 Å². The van der Waals surface area contributed by atoms with Crippen LogP contribution in [0.1, 0.15) is 27.2 Å². The van der Waals surface area contributed by atoms with Gasteiger partial charge < -0.3 is 4.74 Å². The van der Waals surface area contributed by atoms with Crippen molar-refractivity contribution in [3.63, 3.8) is 0 Å². The van der Waals surface area contributed by atoms with Gasteiger partial charge in [-0.05, 0) is 12.3 Å². The molecule has 0 spiro atoms. The fourth-order valence-electron chi connectivity index (χ4n) is 1.04. The van der Waals surface area contributed by atoms with Gasteiger partial charge in [-0.2, -0.15) is 0 Å². The Bertz CT molecular complexity index is 105. The topological polar surface area (TPSA) is 9.23 Å². The van der Waals surface area contributed by atoms with Crippen molar-refractivity contribution < 1.29 is 4.74 Å². The molecule has 0 saturated heterocycles. The first-order valence-corrected chi connectivity index (χ1v) is 3.80. The number of methoxy groups -OCH3 is 1. The maximum Gasteiger partial charge on any atom is 0.0912 e. The lowest BCUT2D eigenvalue weighted by molar-refractivity contribution is 0.236. The van der Waals surface area contributed by atoms with E-state index in [0.29, 0.717) is 5.92 Å². The number of ether oxygens (including phenoxy) is 1. The van der Waals surface area contributed by atoms with Crippen molar-refractivity contribution in [2.45, 2.75) is 27.2 Å². The summed E-state index contributed by atoms with van der Waals surface area (Å²) >= 11 is 0. The third kappa shape index (κ3) is 3.54. The normalized spacial score (nSPS) is 13.3. The van der Waals surface area contributed by atoms with Gasteiger partial charge in [0, 0.05) is 5.92 Å². The molecule has 0 amide bonds. The second-order valence-corrected chi connectivity index (χ2v) is 3.20. The average Bonchev–Trinajstić information content (AvgIpc) is 1.85. The van der Waals surface area contributed by atoms with Crippen LogP contribution in [0.2, 0.25) is 0 Å². The second kappa shape index (κ2) is 4.37. The minimum Gasteiger partial charge on any atom is -0.501 e. The molecule has 0 aliphatic rings. The zero-order chi connectivity index (χ0) is 8.15. The van der Waals surface area contributed by atoms with E-state index >= 15 is 0 Å². The Labute approximate surface area is 64.1 Å². The Balaban J connectivity index is 3.61. The van der Waals surface area contributed by atoms with E-state index in [1.165, 1.54) is 0 Å². The Hall–Kier alpha value is -0.460. The highest BCUT2D eigenvalue weighted by Gasteiger charge is 2.07. The summed E-state index contributed by atoms with van der Waals surface area (Å²) in [5, 5.41) is 0. The fourth-order valence-corrected chi connectivity index (χ4v) is 1.04.